The fourth-order valence-electron chi connectivity index (χ4n) is 3.50. The molecule has 0 saturated heterocycles. The topological polar surface area (TPSA) is 75.6 Å². The maximum absolute atomic E-state index is 12.4. The third kappa shape index (κ3) is 4.14. The first kappa shape index (κ1) is 14.4. The Morgan fingerprint density at radius 1 is 0.931 bits per heavy atom. The molecule has 29 heavy (non-hydrogen) atoms. The van der Waals surface area contributed by atoms with Crippen LogP contribution >= 0.6 is 0 Å². The lowest BCUT2D eigenvalue weighted by atomic mass is 9.98. The zero-order valence-electron chi connectivity index (χ0n) is 19.5. The fraction of sp³-hybridized carbons (Fsp3) is 0.167. The van der Waals surface area contributed by atoms with Crippen molar-refractivity contribution in [3.8, 4) is 11.1 Å². The Morgan fingerprint density at radius 3 is 2.07 bits per heavy atom. The van der Waals surface area contributed by atoms with Crippen LogP contribution in [0.15, 0.2) is 72.7 Å². The molecule has 5 heteroatoms. The normalized spacial score (nSPS) is 14.1. The molecule has 2 N–H and O–H groups in total. The van der Waals surface area contributed by atoms with Gasteiger partial charge >= 0.3 is 12.1 Å². The third-order valence-electron chi connectivity index (χ3n) is 4.81. The van der Waals surface area contributed by atoms with Crippen molar-refractivity contribution in [2.45, 2.75) is 18.9 Å². The van der Waals surface area contributed by atoms with E-state index >= 15 is 0 Å². The number of carbonyl (C=O) groups is 2. The van der Waals surface area contributed by atoms with E-state index in [1.807, 2.05) is 48.5 Å². The molecule has 1 aliphatic carbocycles. The molecule has 3 aromatic rings. The molecule has 0 saturated carbocycles. The molecule has 0 heterocycles. The van der Waals surface area contributed by atoms with Crippen LogP contribution in [0.2, 0.25) is 0 Å². The standard InChI is InChI=1S/C24H21NO4/c26-23(27)13-16-9-11-17(12-10-16)14-25-24(28)29-15-22-20-7-3-1-5-18(20)19-6-2-4-8-21(19)22/h1-12,22H,13-15H2,(H,25,28)(H,26,27)/i9D,10D,11D,12D. The van der Waals surface area contributed by atoms with Gasteiger partial charge in [-0.3, -0.25) is 4.79 Å². The average Bonchev–Trinajstić information content (AvgIpc) is 3.13. The van der Waals surface area contributed by atoms with E-state index in [9.17, 15) is 9.59 Å². The Bertz CT molecular complexity index is 1190. The van der Waals surface area contributed by atoms with E-state index < -0.39 is 30.6 Å². The summed E-state index contributed by atoms with van der Waals surface area (Å²) in [4.78, 5) is 23.3. The largest absolute Gasteiger partial charge is 0.481 e. The van der Waals surface area contributed by atoms with Crippen molar-refractivity contribution in [1.82, 2.24) is 5.32 Å². The van der Waals surface area contributed by atoms with Gasteiger partial charge in [-0.2, -0.15) is 0 Å². The molecule has 0 bridgehead atoms. The molecule has 0 aliphatic heterocycles. The summed E-state index contributed by atoms with van der Waals surface area (Å²) in [7, 11) is 0. The number of hydrogen-bond donors (Lipinski definition) is 2. The Morgan fingerprint density at radius 2 is 1.48 bits per heavy atom. The second kappa shape index (κ2) is 8.19. The van der Waals surface area contributed by atoms with Crippen LogP contribution in [0.1, 0.15) is 33.7 Å². The Kier molecular flexibility index (Phi) is 4.07. The quantitative estimate of drug-likeness (QED) is 0.655. The fourth-order valence-corrected chi connectivity index (χ4v) is 3.50. The second-order valence-electron chi connectivity index (χ2n) is 6.71. The number of rotatable bonds is 6. The van der Waals surface area contributed by atoms with E-state index in [4.69, 9.17) is 15.3 Å². The molecular formula is C24H21NO4. The molecule has 0 spiro atoms. The summed E-state index contributed by atoms with van der Waals surface area (Å²) in [5, 5.41) is 11.4. The first-order valence-corrected chi connectivity index (χ1v) is 9.18. The van der Waals surface area contributed by atoms with Gasteiger partial charge in [-0.05, 0) is 33.4 Å². The second-order valence-corrected chi connectivity index (χ2v) is 6.71. The first-order valence-electron chi connectivity index (χ1n) is 11.2. The van der Waals surface area contributed by atoms with Gasteiger partial charge in [-0.25, -0.2) is 4.79 Å². The predicted molar refractivity (Wildman–Crippen MR) is 110 cm³/mol. The number of aliphatic carboxylic acids is 1. The molecule has 1 aliphatic rings. The maximum Gasteiger partial charge on any atom is 0.407 e. The van der Waals surface area contributed by atoms with Crippen LogP contribution < -0.4 is 5.32 Å². The number of nitrogens with one attached hydrogen (secondary N) is 1. The van der Waals surface area contributed by atoms with Gasteiger partial charge in [0.15, 0.2) is 0 Å². The highest BCUT2D eigenvalue weighted by Gasteiger charge is 2.28. The number of carboxylic acid groups (broad SMARTS) is 1. The number of carboxylic acids is 1. The van der Waals surface area contributed by atoms with E-state index in [2.05, 4.69) is 5.32 Å². The third-order valence-corrected chi connectivity index (χ3v) is 4.81. The van der Waals surface area contributed by atoms with E-state index in [0.29, 0.717) is 0 Å². The van der Waals surface area contributed by atoms with Gasteiger partial charge in [-0.15, -0.1) is 0 Å². The van der Waals surface area contributed by atoms with Gasteiger partial charge in [0.1, 0.15) is 6.61 Å². The molecule has 5 nitrogen and oxygen atoms in total. The van der Waals surface area contributed by atoms with Crippen LogP contribution in [0.25, 0.3) is 11.1 Å². The van der Waals surface area contributed by atoms with Crippen molar-refractivity contribution in [3.05, 3.63) is 95.0 Å². The summed E-state index contributed by atoms with van der Waals surface area (Å²) in [6, 6.07) is 14.3. The van der Waals surface area contributed by atoms with Gasteiger partial charge in [0.05, 0.1) is 11.9 Å². The van der Waals surface area contributed by atoms with Crippen LogP contribution in [-0.2, 0) is 22.5 Å². The molecule has 146 valence electrons. The molecule has 0 radical (unpaired) electrons. The van der Waals surface area contributed by atoms with Crippen LogP contribution in [0.3, 0.4) is 0 Å². The Hall–Kier alpha value is -3.60. The zero-order valence-corrected chi connectivity index (χ0v) is 15.5. The summed E-state index contributed by atoms with van der Waals surface area (Å²) >= 11 is 0. The Labute approximate surface area is 174 Å². The summed E-state index contributed by atoms with van der Waals surface area (Å²) < 4.78 is 37.6. The molecule has 0 fully saturated rings. The summed E-state index contributed by atoms with van der Waals surface area (Å²) in [6.07, 6.45) is -1.36. The van der Waals surface area contributed by atoms with Crippen LogP contribution in [-0.4, -0.2) is 23.8 Å². The molecule has 0 unspecified atom stereocenters. The van der Waals surface area contributed by atoms with Crippen molar-refractivity contribution in [3.63, 3.8) is 0 Å². The van der Waals surface area contributed by atoms with Gasteiger partial charge < -0.3 is 15.2 Å². The van der Waals surface area contributed by atoms with E-state index in [1.165, 1.54) is 0 Å². The molecule has 1 amide bonds. The Balaban J connectivity index is 1.46. The summed E-state index contributed by atoms with van der Waals surface area (Å²) in [5.41, 5.74) is 4.12. The predicted octanol–water partition coefficient (Wildman–Crippen LogP) is 4.35. The number of fused-ring (bicyclic) bond motifs is 3. The summed E-state index contributed by atoms with van der Waals surface area (Å²) in [6.45, 7) is -0.175. The van der Waals surface area contributed by atoms with Crippen molar-refractivity contribution >= 4 is 12.1 Å². The summed E-state index contributed by atoms with van der Waals surface area (Å²) in [5.74, 6) is -1.36. The molecular weight excluding hydrogens is 366 g/mol. The number of ether oxygens (including phenoxy) is 1. The smallest absolute Gasteiger partial charge is 0.407 e. The number of benzene rings is 3. The highest BCUT2D eigenvalue weighted by Crippen LogP contribution is 2.44. The van der Waals surface area contributed by atoms with Crippen LogP contribution in [0, 0.1) is 0 Å². The number of hydrogen-bond acceptors (Lipinski definition) is 3. The van der Waals surface area contributed by atoms with E-state index in [1.54, 1.807) is 0 Å². The van der Waals surface area contributed by atoms with Crippen molar-refractivity contribution in [2.75, 3.05) is 6.61 Å². The van der Waals surface area contributed by atoms with Crippen LogP contribution in [0.5, 0.6) is 0 Å². The van der Waals surface area contributed by atoms with E-state index in [-0.39, 0.29) is 42.3 Å². The SMILES string of the molecule is [2H]c1c([2H])c(CC(=O)O)c([2H])c([2H])c1CNC(=O)OCC1c2ccccc2-c2ccccc21. The number of amides is 1. The average molecular weight is 391 g/mol. The van der Waals surface area contributed by atoms with Crippen LogP contribution in [0.4, 0.5) is 4.79 Å². The van der Waals surface area contributed by atoms with Gasteiger partial charge in [0, 0.05) is 12.5 Å². The van der Waals surface area contributed by atoms with Gasteiger partial charge in [0.2, 0.25) is 0 Å². The highest BCUT2D eigenvalue weighted by atomic mass is 16.5. The highest BCUT2D eigenvalue weighted by molar-refractivity contribution is 5.79. The van der Waals surface area contributed by atoms with Crippen molar-refractivity contribution in [2.24, 2.45) is 0 Å². The lowest BCUT2D eigenvalue weighted by molar-refractivity contribution is -0.136. The van der Waals surface area contributed by atoms with Gasteiger partial charge in [0.25, 0.3) is 0 Å². The molecule has 0 aromatic heterocycles. The lowest BCUT2D eigenvalue weighted by Gasteiger charge is -2.14. The minimum absolute atomic E-state index is 0.0346. The molecule has 0 atom stereocenters. The molecule has 3 aromatic carbocycles. The van der Waals surface area contributed by atoms with Crippen molar-refractivity contribution < 1.29 is 24.9 Å². The monoisotopic (exact) mass is 391 g/mol. The number of alkyl carbamates (subject to hydrolysis) is 1. The van der Waals surface area contributed by atoms with Crippen molar-refractivity contribution in [1.29, 1.82) is 0 Å². The molecule has 4 rings (SSSR count). The minimum Gasteiger partial charge on any atom is -0.481 e. The first-order chi connectivity index (χ1) is 15.8. The number of carbonyl (C=O) groups excluding carboxylic acids is 1. The van der Waals surface area contributed by atoms with E-state index in [0.717, 1.165) is 22.3 Å². The minimum atomic E-state index is -1.25. The lowest BCUT2D eigenvalue weighted by Crippen LogP contribution is -2.25. The maximum atomic E-state index is 12.4. The van der Waals surface area contributed by atoms with Gasteiger partial charge in [-0.1, -0.05) is 72.7 Å². The zero-order chi connectivity index (χ0) is 23.7.